The standard InChI is InChI=1S/C19H24BrN3O3/c1-2-23-13-15(12-21-23)18-14-22(9-11-26-18)19(24)8-5-10-25-17-7-4-3-6-16(17)20/h3-4,6-7,12-13,18H,2,5,8-11,14H2,1H3/t18-/m1/s1. The zero-order valence-electron chi connectivity index (χ0n) is 14.9. The highest BCUT2D eigenvalue weighted by Gasteiger charge is 2.26. The Hall–Kier alpha value is -1.86. The first-order valence-corrected chi connectivity index (χ1v) is 9.75. The van der Waals surface area contributed by atoms with E-state index in [-0.39, 0.29) is 12.0 Å². The maximum absolute atomic E-state index is 12.5. The van der Waals surface area contributed by atoms with Crippen LogP contribution in [0.25, 0.3) is 0 Å². The van der Waals surface area contributed by atoms with E-state index < -0.39 is 0 Å². The highest BCUT2D eigenvalue weighted by molar-refractivity contribution is 9.10. The summed E-state index contributed by atoms with van der Waals surface area (Å²) in [7, 11) is 0. The van der Waals surface area contributed by atoms with E-state index in [2.05, 4.69) is 21.0 Å². The van der Waals surface area contributed by atoms with E-state index >= 15 is 0 Å². The Bertz CT molecular complexity index is 734. The Labute approximate surface area is 162 Å². The molecule has 1 amide bonds. The second-order valence-corrected chi connectivity index (χ2v) is 7.07. The van der Waals surface area contributed by atoms with Crippen molar-refractivity contribution >= 4 is 21.8 Å². The number of carbonyl (C=O) groups is 1. The van der Waals surface area contributed by atoms with Gasteiger partial charge < -0.3 is 14.4 Å². The molecule has 3 rings (SSSR count). The van der Waals surface area contributed by atoms with E-state index in [0.29, 0.717) is 39.1 Å². The van der Waals surface area contributed by atoms with Crippen molar-refractivity contribution in [1.82, 2.24) is 14.7 Å². The SMILES string of the molecule is CCn1cc([C@H]2CN(C(=O)CCCOc3ccccc3Br)CCO2)cn1. The zero-order chi connectivity index (χ0) is 18.4. The summed E-state index contributed by atoms with van der Waals surface area (Å²) in [5, 5.41) is 4.29. The van der Waals surface area contributed by atoms with Gasteiger partial charge in [0.2, 0.25) is 5.91 Å². The molecule has 26 heavy (non-hydrogen) atoms. The molecule has 0 unspecified atom stereocenters. The van der Waals surface area contributed by atoms with Gasteiger partial charge in [-0.15, -0.1) is 0 Å². The Morgan fingerprint density at radius 1 is 1.42 bits per heavy atom. The monoisotopic (exact) mass is 421 g/mol. The van der Waals surface area contributed by atoms with Crippen molar-refractivity contribution in [3.63, 3.8) is 0 Å². The molecule has 0 bridgehead atoms. The molecule has 2 heterocycles. The van der Waals surface area contributed by atoms with E-state index in [1.165, 1.54) is 0 Å². The third-order valence-corrected chi connectivity index (χ3v) is 5.05. The van der Waals surface area contributed by atoms with Gasteiger partial charge in [-0.3, -0.25) is 9.48 Å². The molecule has 1 aliphatic rings. The number of nitrogens with zero attached hydrogens (tertiary/aromatic N) is 3. The van der Waals surface area contributed by atoms with Crippen molar-refractivity contribution in [3.8, 4) is 5.75 Å². The van der Waals surface area contributed by atoms with Gasteiger partial charge in [0.05, 0.1) is 30.4 Å². The number of hydrogen-bond acceptors (Lipinski definition) is 4. The lowest BCUT2D eigenvalue weighted by Crippen LogP contribution is -2.42. The van der Waals surface area contributed by atoms with Crippen molar-refractivity contribution in [2.75, 3.05) is 26.3 Å². The highest BCUT2D eigenvalue weighted by atomic mass is 79.9. The first kappa shape index (κ1) is 18.9. The molecule has 1 saturated heterocycles. The number of aromatic nitrogens is 2. The molecule has 1 atom stereocenters. The Morgan fingerprint density at radius 3 is 3.04 bits per heavy atom. The number of morpholine rings is 1. The first-order chi connectivity index (χ1) is 12.7. The van der Waals surface area contributed by atoms with Crippen LogP contribution in [-0.4, -0.2) is 46.9 Å². The normalized spacial score (nSPS) is 17.3. The summed E-state index contributed by atoms with van der Waals surface area (Å²) in [4.78, 5) is 14.4. The zero-order valence-corrected chi connectivity index (χ0v) is 16.5. The summed E-state index contributed by atoms with van der Waals surface area (Å²) in [6.45, 7) is 5.17. The molecular weight excluding hydrogens is 398 g/mol. The van der Waals surface area contributed by atoms with Crippen LogP contribution in [0, 0.1) is 0 Å². The Morgan fingerprint density at radius 2 is 2.27 bits per heavy atom. The molecule has 0 radical (unpaired) electrons. The molecule has 7 heteroatoms. The number of carbonyl (C=O) groups excluding carboxylic acids is 1. The van der Waals surface area contributed by atoms with E-state index in [0.717, 1.165) is 22.3 Å². The molecule has 0 N–H and O–H groups in total. The van der Waals surface area contributed by atoms with E-state index in [4.69, 9.17) is 9.47 Å². The maximum atomic E-state index is 12.5. The van der Waals surface area contributed by atoms with Crippen LogP contribution in [0.3, 0.4) is 0 Å². The average Bonchev–Trinajstić information content (AvgIpc) is 3.16. The Kier molecular flexibility index (Phi) is 6.68. The number of benzene rings is 1. The summed E-state index contributed by atoms with van der Waals surface area (Å²) in [5.41, 5.74) is 1.03. The maximum Gasteiger partial charge on any atom is 0.222 e. The number of rotatable bonds is 7. The molecule has 1 aromatic heterocycles. The lowest BCUT2D eigenvalue weighted by atomic mass is 10.1. The van der Waals surface area contributed by atoms with Gasteiger partial charge in [-0.1, -0.05) is 12.1 Å². The summed E-state index contributed by atoms with van der Waals surface area (Å²) in [5.74, 6) is 0.955. The lowest BCUT2D eigenvalue weighted by Gasteiger charge is -2.32. The van der Waals surface area contributed by atoms with Gasteiger partial charge in [0.15, 0.2) is 0 Å². The molecule has 1 aromatic carbocycles. The van der Waals surface area contributed by atoms with Crippen LogP contribution in [-0.2, 0) is 16.1 Å². The fraction of sp³-hybridized carbons (Fsp3) is 0.474. The van der Waals surface area contributed by atoms with E-state index in [1.807, 2.05) is 53.2 Å². The number of halogens is 1. The summed E-state index contributed by atoms with van der Waals surface area (Å²) >= 11 is 3.45. The minimum Gasteiger partial charge on any atom is -0.492 e. The molecule has 0 saturated carbocycles. The minimum atomic E-state index is -0.0930. The predicted octanol–water partition coefficient (Wildman–Crippen LogP) is 3.42. The van der Waals surface area contributed by atoms with Gasteiger partial charge in [0.25, 0.3) is 0 Å². The number of ether oxygens (including phenoxy) is 2. The smallest absolute Gasteiger partial charge is 0.222 e. The second kappa shape index (κ2) is 9.19. The van der Waals surface area contributed by atoms with Crippen molar-refractivity contribution < 1.29 is 14.3 Å². The second-order valence-electron chi connectivity index (χ2n) is 6.21. The Balaban J connectivity index is 1.44. The van der Waals surface area contributed by atoms with Gasteiger partial charge in [-0.25, -0.2) is 0 Å². The largest absolute Gasteiger partial charge is 0.492 e. The van der Waals surface area contributed by atoms with Crippen LogP contribution >= 0.6 is 15.9 Å². The van der Waals surface area contributed by atoms with E-state index in [1.54, 1.807) is 0 Å². The third-order valence-electron chi connectivity index (χ3n) is 4.40. The van der Waals surface area contributed by atoms with Crippen LogP contribution in [0.4, 0.5) is 0 Å². The quantitative estimate of drug-likeness (QED) is 0.642. The number of hydrogen-bond donors (Lipinski definition) is 0. The van der Waals surface area contributed by atoms with Crippen molar-refractivity contribution in [3.05, 3.63) is 46.7 Å². The summed E-state index contributed by atoms with van der Waals surface area (Å²) in [6, 6.07) is 7.73. The minimum absolute atomic E-state index is 0.0930. The van der Waals surface area contributed by atoms with Gasteiger partial charge in [0, 0.05) is 31.3 Å². The topological polar surface area (TPSA) is 56.6 Å². The van der Waals surface area contributed by atoms with Crippen LogP contribution in [0.1, 0.15) is 31.4 Å². The van der Waals surface area contributed by atoms with Crippen molar-refractivity contribution in [2.45, 2.75) is 32.4 Å². The van der Waals surface area contributed by atoms with Crippen LogP contribution in [0.5, 0.6) is 5.75 Å². The molecule has 0 spiro atoms. The van der Waals surface area contributed by atoms with Crippen LogP contribution in [0.2, 0.25) is 0 Å². The van der Waals surface area contributed by atoms with Crippen molar-refractivity contribution in [2.24, 2.45) is 0 Å². The molecule has 0 aliphatic carbocycles. The average molecular weight is 422 g/mol. The number of para-hydroxylation sites is 1. The third kappa shape index (κ3) is 4.86. The predicted molar refractivity (Wildman–Crippen MR) is 102 cm³/mol. The molecule has 6 nitrogen and oxygen atoms in total. The van der Waals surface area contributed by atoms with Crippen LogP contribution in [0.15, 0.2) is 41.1 Å². The summed E-state index contributed by atoms with van der Waals surface area (Å²) in [6.07, 6.45) is 4.89. The van der Waals surface area contributed by atoms with Crippen molar-refractivity contribution in [1.29, 1.82) is 0 Å². The molecule has 1 aliphatic heterocycles. The number of aryl methyl sites for hydroxylation is 1. The number of amides is 1. The van der Waals surface area contributed by atoms with Gasteiger partial charge >= 0.3 is 0 Å². The van der Waals surface area contributed by atoms with Gasteiger partial charge in [0.1, 0.15) is 11.9 Å². The molecular formula is C19H24BrN3O3. The van der Waals surface area contributed by atoms with Gasteiger partial charge in [-0.2, -0.15) is 5.10 Å². The van der Waals surface area contributed by atoms with Crippen LogP contribution < -0.4 is 4.74 Å². The fourth-order valence-corrected chi connectivity index (χ4v) is 3.32. The first-order valence-electron chi connectivity index (χ1n) is 8.96. The lowest BCUT2D eigenvalue weighted by molar-refractivity contribution is -0.139. The molecule has 140 valence electrons. The fourth-order valence-electron chi connectivity index (χ4n) is 2.92. The molecule has 1 fully saturated rings. The van der Waals surface area contributed by atoms with E-state index in [9.17, 15) is 4.79 Å². The molecule has 2 aromatic rings. The highest BCUT2D eigenvalue weighted by Crippen LogP contribution is 2.24. The summed E-state index contributed by atoms with van der Waals surface area (Å²) < 4.78 is 14.3. The van der Waals surface area contributed by atoms with Gasteiger partial charge in [-0.05, 0) is 41.4 Å².